The lowest BCUT2D eigenvalue weighted by Crippen LogP contribution is -2.49. The molecule has 0 aromatic rings. The molecule has 0 unspecified atom stereocenters. The van der Waals surface area contributed by atoms with Gasteiger partial charge >= 0.3 is 0 Å². The smallest absolute Gasteiger partial charge is 0.300 e. The molecule has 1 fully saturated rings. The van der Waals surface area contributed by atoms with Gasteiger partial charge in [-0.05, 0) is 7.05 Å². The summed E-state index contributed by atoms with van der Waals surface area (Å²) in [6.45, 7) is 4.90. The number of carboxylic acids is 1. The minimum atomic E-state index is -0.833. The number of nitrogens with two attached hydrogens (primary N) is 1. The third-order valence-electron chi connectivity index (χ3n) is 1.84. The second-order valence-electron chi connectivity index (χ2n) is 3.19. The van der Waals surface area contributed by atoms with Crippen LogP contribution in [-0.2, 0) is 4.79 Å². The molecule has 1 rings (SSSR count). The van der Waals surface area contributed by atoms with Gasteiger partial charge in [0.15, 0.2) is 5.96 Å². The lowest BCUT2D eigenvalue weighted by Gasteiger charge is -2.32. The number of hydrogen-bond donors (Lipinski definition) is 3. The zero-order valence-electron chi connectivity index (χ0n) is 8.66. The highest BCUT2D eigenvalue weighted by molar-refractivity contribution is 5.74. The molecule has 0 atom stereocenters. The van der Waals surface area contributed by atoms with Crippen LogP contribution in [0, 0.1) is 5.41 Å². The van der Waals surface area contributed by atoms with Gasteiger partial charge in [0.25, 0.3) is 5.97 Å². The van der Waals surface area contributed by atoms with Crippen LogP contribution >= 0.6 is 0 Å². The number of rotatable bonds is 0. The van der Waals surface area contributed by atoms with Crippen molar-refractivity contribution in [3.05, 3.63) is 0 Å². The number of carbonyl (C=O) groups is 1. The molecule has 0 spiro atoms. The quantitative estimate of drug-likeness (QED) is 0.354. The normalized spacial score (nSPS) is 16.9. The molecule has 0 saturated carbocycles. The first-order valence-electron chi connectivity index (χ1n) is 4.40. The van der Waals surface area contributed by atoms with E-state index in [0.29, 0.717) is 0 Å². The second kappa shape index (κ2) is 6.20. The van der Waals surface area contributed by atoms with Gasteiger partial charge in [-0.15, -0.1) is 0 Å². The molecule has 1 aliphatic heterocycles. The van der Waals surface area contributed by atoms with E-state index in [1.807, 2.05) is 4.90 Å². The van der Waals surface area contributed by atoms with Gasteiger partial charge in [0.1, 0.15) is 0 Å². The number of aliphatic carboxylic acids is 1. The van der Waals surface area contributed by atoms with Crippen LogP contribution in [-0.4, -0.2) is 60.1 Å². The SMILES string of the molecule is CC(=O)O.CN1CCN(C(=N)N)CC1. The van der Waals surface area contributed by atoms with Crippen LogP contribution in [0.25, 0.3) is 0 Å². The largest absolute Gasteiger partial charge is 0.481 e. The Kier molecular flexibility index (Phi) is 5.62. The fourth-order valence-corrected chi connectivity index (χ4v) is 1.05. The summed E-state index contributed by atoms with van der Waals surface area (Å²) in [4.78, 5) is 13.1. The number of carboxylic acid groups (broad SMARTS) is 1. The number of piperazine rings is 1. The predicted molar refractivity (Wildman–Crippen MR) is 54.3 cm³/mol. The molecule has 0 aromatic carbocycles. The maximum absolute atomic E-state index is 9.00. The van der Waals surface area contributed by atoms with E-state index in [4.69, 9.17) is 21.0 Å². The van der Waals surface area contributed by atoms with Gasteiger partial charge < -0.3 is 20.6 Å². The second-order valence-corrected chi connectivity index (χ2v) is 3.19. The summed E-state index contributed by atoms with van der Waals surface area (Å²) in [6, 6.07) is 0. The maximum Gasteiger partial charge on any atom is 0.300 e. The van der Waals surface area contributed by atoms with Crippen LogP contribution in [0.2, 0.25) is 0 Å². The van der Waals surface area contributed by atoms with Gasteiger partial charge in [0.2, 0.25) is 0 Å². The van der Waals surface area contributed by atoms with Crippen molar-refractivity contribution in [3.8, 4) is 0 Å². The van der Waals surface area contributed by atoms with E-state index in [9.17, 15) is 0 Å². The Morgan fingerprint density at radius 1 is 1.36 bits per heavy atom. The minimum Gasteiger partial charge on any atom is -0.481 e. The van der Waals surface area contributed by atoms with Crippen LogP contribution < -0.4 is 5.73 Å². The molecule has 14 heavy (non-hydrogen) atoms. The number of guanidine groups is 1. The molecule has 0 amide bonds. The van der Waals surface area contributed by atoms with Crippen molar-refractivity contribution in [2.24, 2.45) is 5.73 Å². The first-order valence-corrected chi connectivity index (χ1v) is 4.40. The Morgan fingerprint density at radius 2 is 1.71 bits per heavy atom. The predicted octanol–water partition coefficient (Wildman–Crippen LogP) is -0.782. The first-order chi connectivity index (χ1) is 6.43. The Bertz CT molecular complexity index is 196. The van der Waals surface area contributed by atoms with Crippen molar-refractivity contribution in [1.82, 2.24) is 9.80 Å². The van der Waals surface area contributed by atoms with Gasteiger partial charge in [-0.1, -0.05) is 0 Å². The molecule has 6 heteroatoms. The number of likely N-dealkylation sites (N-methyl/N-ethyl adjacent to an activating group) is 1. The highest BCUT2D eigenvalue weighted by Gasteiger charge is 2.13. The molecule has 82 valence electrons. The van der Waals surface area contributed by atoms with Crippen molar-refractivity contribution in [3.63, 3.8) is 0 Å². The summed E-state index contributed by atoms with van der Waals surface area (Å²) in [7, 11) is 2.08. The van der Waals surface area contributed by atoms with E-state index >= 15 is 0 Å². The summed E-state index contributed by atoms with van der Waals surface area (Å²) < 4.78 is 0. The summed E-state index contributed by atoms with van der Waals surface area (Å²) in [5.74, 6) is -0.631. The van der Waals surface area contributed by atoms with Crippen LogP contribution in [0.3, 0.4) is 0 Å². The van der Waals surface area contributed by atoms with Crippen LogP contribution in [0.15, 0.2) is 0 Å². The molecule has 1 saturated heterocycles. The van der Waals surface area contributed by atoms with Gasteiger partial charge in [0, 0.05) is 33.1 Å². The topological polar surface area (TPSA) is 93.6 Å². The number of hydrogen-bond acceptors (Lipinski definition) is 3. The lowest BCUT2D eigenvalue weighted by molar-refractivity contribution is -0.134. The van der Waals surface area contributed by atoms with E-state index in [0.717, 1.165) is 33.1 Å². The average Bonchev–Trinajstić information content (AvgIpc) is 2.03. The van der Waals surface area contributed by atoms with E-state index < -0.39 is 5.97 Å². The molecule has 0 bridgehead atoms. The molecular formula is C8H18N4O2. The van der Waals surface area contributed by atoms with E-state index in [1.165, 1.54) is 0 Å². The summed E-state index contributed by atoms with van der Waals surface area (Å²) in [6.07, 6.45) is 0. The van der Waals surface area contributed by atoms with Gasteiger partial charge in [-0.3, -0.25) is 10.2 Å². The highest BCUT2D eigenvalue weighted by atomic mass is 16.4. The third-order valence-corrected chi connectivity index (χ3v) is 1.84. The van der Waals surface area contributed by atoms with Crippen LogP contribution in [0.1, 0.15) is 6.92 Å². The molecule has 0 aromatic heterocycles. The lowest BCUT2D eigenvalue weighted by atomic mass is 10.3. The van der Waals surface area contributed by atoms with Crippen molar-refractivity contribution >= 4 is 11.9 Å². The third kappa shape index (κ3) is 6.24. The summed E-state index contributed by atoms with van der Waals surface area (Å²) in [5.41, 5.74) is 5.30. The summed E-state index contributed by atoms with van der Waals surface area (Å²) in [5, 5.41) is 14.6. The minimum absolute atomic E-state index is 0.202. The van der Waals surface area contributed by atoms with Crippen LogP contribution in [0.5, 0.6) is 0 Å². The van der Waals surface area contributed by atoms with E-state index in [-0.39, 0.29) is 5.96 Å². The fourth-order valence-electron chi connectivity index (χ4n) is 1.05. The number of nitrogens with zero attached hydrogens (tertiary/aromatic N) is 2. The molecule has 1 aliphatic rings. The molecule has 0 aliphatic carbocycles. The molecule has 4 N–H and O–H groups in total. The monoisotopic (exact) mass is 202 g/mol. The Hall–Kier alpha value is -1.30. The van der Waals surface area contributed by atoms with Gasteiger partial charge in [-0.2, -0.15) is 0 Å². The van der Waals surface area contributed by atoms with E-state index in [1.54, 1.807) is 0 Å². The first kappa shape index (κ1) is 12.7. The van der Waals surface area contributed by atoms with Crippen molar-refractivity contribution in [1.29, 1.82) is 5.41 Å². The van der Waals surface area contributed by atoms with Crippen LogP contribution in [0.4, 0.5) is 0 Å². The van der Waals surface area contributed by atoms with Crippen molar-refractivity contribution in [2.75, 3.05) is 33.2 Å². The van der Waals surface area contributed by atoms with Gasteiger partial charge in [-0.25, -0.2) is 0 Å². The van der Waals surface area contributed by atoms with Crippen molar-refractivity contribution in [2.45, 2.75) is 6.92 Å². The molecule has 1 heterocycles. The molecular weight excluding hydrogens is 184 g/mol. The van der Waals surface area contributed by atoms with E-state index in [2.05, 4.69) is 11.9 Å². The Morgan fingerprint density at radius 3 is 2.00 bits per heavy atom. The standard InChI is InChI=1S/C6H14N4.C2H4O2/c1-9-2-4-10(5-3-9)6(7)8;1-2(3)4/h2-5H2,1H3,(H3,7,8);1H3,(H,3,4). The Balaban J connectivity index is 0.000000364. The highest BCUT2D eigenvalue weighted by Crippen LogP contribution is 1.96. The zero-order chi connectivity index (χ0) is 11.1. The van der Waals surface area contributed by atoms with Crippen molar-refractivity contribution < 1.29 is 9.90 Å². The molecule has 0 radical (unpaired) electrons. The van der Waals surface area contributed by atoms with Gasteiger partial charge in [0.05, 0.1) is 0 Å². The maximum atomic E-state index is 9.00. The summed E-state index contributed by atoms with van der Waals surface area (Å²) >= 11 is 0. The molecule has 6 nitrogen and oxygen atoms in total. The zero-order valence-corrected chi connectivity index (χ0v) is 8.66. The Labute approximate surface area is 83.8 Å². The fraction of sp³-hybridized carbons (Fsp3) is 0.750. The number of nitrogens with one attached hydrogen (secondary N) is 1. The average molecular weight is 202 g/mol.